The summed E-state index contributed by atoms with van der Waals surface area (Å²) in [6, 6.07) is 3.22. The molecule has 6 nitrogen and oxygen atoms in total. The molecule has 0 spiro atoms. The number of carbonyl (C=O) groups excluding carboxylic acids is 1. The first-order valence-electron chi connectivity index (χ1n) is 5.30. The quantitative estimate of drug-likeness (QED) is 0.828. The summed E-state index contributed by atoms with van der Waals surface area (Å²) in [5.41, 5.74) is 1.01. The fourth-order valence-electron chi connectivity index (χ4n) is 1.55. The van der Waals surface area contributed by atoms with Crippen molar-refractivity contribution < 1.29 is 24.2 Å². The van der Waals surface area contributed by atoms with E-state index in [1.165, 1.54) is 13.2 Å². The van der Waals surface area contributed by atoms with E-state index in [4.69, 9.17) is 14.6 Å². The van der Waals surface area contributed by atoms with Gasteiger partial charge in [-0.15, -0.1) is 0 Å². The van der Waals surface area contributed by atoms with E-state index in [1.54, 1.807) is 12.1 Å². The zero-order valence-corrected chi connectivity index (χ0v) is 10.8. The number of carbonyl (C=O) groups is 2. The van der Waals surface area contributed by atoms with Crippen molar-refractivity contribution >= 4 is 34.7 Å². The Morgan fingerprint density at radius 1 is 1.58 bits per heavy atom. The SMILES string of the molecule is COc1cc(C=CC(=O)O)c2cc1OCSC(=O)N2. The second-order valence-electron chi connectivity index (χ2n) is 3.58. The summed E-state index contributed by atoms with van der Waals surface area (Å²) < 4.78 is 10.6. The van der Waals surface area contributed by atoms with Crippen molar-refractivity contribution in [3.05, 3.63) is 23.8 Å². The summed E-state index contributed by atoms with van der Waals surface area (Å²) in [6.07, 6.45) is 2.38. The molecular formula is C12H11NO5S. The highest BCUT2D eigenvalue weighted by atomic mass is 32.2. The lowest BCUT2D eigenvalue weighted by atomic mass is 10.1. The van der Waals surface area contributed by atoms with Crippen molar-refractivity contribution in [2.45, 2.75) is 0 Å². The van der Waals surface area contributed by atoms with Gasteiger partial charge in [-0.1, -0.05) is 0 Å². The maximum Gasteiger partial charge on any atom is 0.328 e. The number of carboxylic acid groups (broad SMARTS) is 1. The van der Waals surface area contributed by atoms with Crippen LogP contribution < -0.4 is 14.8 Å². The average molecular weight is 281 g/mol. The van der Waals surface area contributed by atoms with Gasteiger partial charge in [0.15, 0.2) is 11.5 Å². The van der Waals surface area contributed by atoms with E-state index < -0.39 is 5.97 Å². The number of hydrogen-bond donors (Lipinski definition) is 2. The highest BCUT2D eigenvalue weighted by Crippen LogP contribution is 2.36. The second-order valence-corrected chi connectivity index (χ2v) is 4.48. The fourth-order valence-corrected chi connectivity index (χ4v) is 2.02. The smallest absolute Gasteiger partial charge is 0.328 e. The molecule has 100 valence electrons. The van der Waals surface area contributed by atoms with Crippen LogP contribution in [0, 0.1) is 0 Å². The van der Waals surface area contributed by atoms with E-state index in [0.29, 0.717) is 22.7 Å². The zero-order valence-electron chi connectivity index (χ0n) is 10.0. The van der Waals surface area contributed by atoms with Crippen molar-refractivity contribution in [2.24, 2.45) is 0 Å². The third-order valence-electron chi connectivity index (χ3n) is 2.38. The molecule has 0 aromatic heterocycles. The number of hydrogen-bond acceptors (Lipinski definition) is 5. The number of nitrogens with one attached hydrogen (secondary N) is 1. The van der Waals surface area contributed by atoms with Crippen molar-refractivity contribution in [1.82, 2.24) is 0 Å². The molecule has 0 atom stereocenters. The highest BCUT2D eigenvalue weighted by Gasteiger charge is 2.16. The number of fused-ring (bicyclic) bond motifs is 2. The third kappa shape index (κ3) is 3.19. The van der Waals surface area contributed by atoms with Gasteiger partial charge in [0.1, 0.15) is 5.94 Å². The first kappa shape index (κ1) is 13.3. The van der Waals surface area contributed by atoms with Crippen LogP contribution in [-0.2, 0) is 4.79 Å². The molecule has 2 rings (SSSR count). The minimum atomic E-state index is -1.07. The summed E-state index contributed by atoms with van der Waals surface area (Å²) in [7, 11) is 1.49. The molecule has 1 aliphatic rings. The van der Waals surface area contributed by atoms with Crippen LogP contribution in [0.25, 0.3) is 6.08 Å². The van der Waals surface area contributed by atoms with Gasteiger partial charge in [-0.25, -0.2) is 4.79 Å². The Hall–Kier alpha value is -2.15. The van der Waals surface area contributed by atoms with Crippen molar-refractivity contribution in [3.8, 4) is 11.5 Å². The number of carboxylic acids is 1. The Morgan fingerprint density at radius 3 is 3.05 bits per heavy atom. The standard InChI is InChI=1S/C12H11NO5S/c1-17-9-4-7(2-3-11(14)15)8-5-10(9)18-6-19-12(16)13-8/h2-5H,6H2,1H3,(H,13,16)(H,14,15). The van der Waals surface area contributed by atoms with Gasteiger partial charge in [0.05, 0.1) is 12.8 Å². The third-order valence-corrected chi connectivity index (χ3v) is 2.98. The lowest BCUT2D eigenvalue weighted by molar-refractivity contribution is -0.131. The predicted molar refractivity (Wildman–Crippen MR) is 71.8 cm³/mol. The lowest BCUT2D eigenvalue weighted by Crippen LogP contribution is -2.12. The number of benzene rings is 1. The van der Waals surface area contributed by atoms with Crippen LogP contribution in [0.15, 0.2) is 18.2 Å². The Kier molecular flexibility index (Phi) is 3.96. The van der Waals surface area contributed by atoms with Crippen molar-refractivity contribution in [1.29, 1.82) is 0 Å². The van der Waals surface area contributed by atoms with E-state index in [2.05, 4.69) is 5.32 Å². The molecule has 1 amide bonds. The maximum absolute atomic E-state index is 11.5. The van der Waals surface area contributed by atoms with Crippen LogP contribution >= 0.6 is 11.8 Å². The molecular weight excluding hydrogens is 270 g/mol. The number of ether oxygens (including phenoxy) is 2. The molecule has 1 aromatic carbocycles. The minimum Gasteiger partial charge on any atom is -0.493 e. The molecule has 19 heavy (non-hydrogen) atoms. The molecule has 1 aromatic rings. The number of aliphatic carboxylic acids is 1. The van der Waals surface area contributed by atoms with Gasteiger partial charge in [0, 0.05) is 17.7 Å². The molecule has 0 saturated heterocycles. The van der Waals surface area contributed by atoms with E-state index in [0.717, 1.165) is 17.8 Å². The summed E-state index contributed by atoms with van der Waals surface area (Å²) >= 11 is 0.978. The average Bonchev–Trinajstić information content (AvgIpc) is 2.35. The minimum absolute atomic E-state index is 0.186. The fraction of sp³-hybridized carbons (Fsp3) is 0.167. The van der Waals surface area contributed by atoms with Crippen molar-refractivity contribution in [3.63, 3.8) is 0 Å². The number of methoxy groups -OCH3 is 1. The summed E-state index contributed by atoms with van der Waals surface area (Å²) in [5, 5.41) is 11.1. The Morgan fingerprint density at radius 2 is 2.37 bits per heavy atom. The lowest BCUT2D eigenvalue weighted by Gasteiger charge is -2.17. The monoisotopic (exact) mass is 281 g/mol. The van der Waals surface area contributed by atoms with E-state index in [9.17, 15) is 9.59 Å². The summed E-state index contributed by atoms with van der Waals surface area (Å²) in [5.74, 6) is 0.0902. The van der Waals surface area contributed by atoms with Crippen LogP contribution in [0.5, 0.6) is 11.5 Å². The van der Waals surface area contributed by atoms with E-state index in [1.807, 2.05) is 0 Å². The second kappa shape index (κ2) is 5.66. The predicted octanol–water partition coefficient (Wildman–Crippen LogP) is 2.41. The molecule has 0 saturated carbocycles. The highest BCUT2D eigenvalue weighted by molar-refractivity contribution is 8.13. The Bertz CT molecular complexity index is 555. The molecule has 2 N–H and O–H groups in total. The van der Waals surface area contributed by atoms with Crippen LogP contribution in [0.3, 0.4) is 0 Å². The van der Waals surface area contributed by atoms with Gasteiger partial charge in [-0.05, 0) is 23.9 Å². The summed E-state index contributed by atoms with van der Waals surface area (Å²) in [4.78, 5) is 22.0. The van der Waals surface area contributed by atoms with Crippen LogP contribution in [0.4, 0.5) is 10.5 Å². The first-order valence-corrected chi connectivity index (χ1v) is 6.28. The van der Waals surface area contributed by atoms with Crippen LogP contribution in [0.2, 0.25) is 0 Å². The summed E-state index contributed by atoms with van der Waals surface area (Å²) in [6.45, 7) is 0. The Balaban J connectivity index is 2.48. The van der Waals surface area contributed by atoms with Crippen LogP contribution in [-0.4, -0.2) is 29.4 Å². The van der Waals surface area contributed by atoms with Gasteiger partial charge in [-0.3, -0.25) is 4.79 Å². The molecule has 7 heteroatoms. The normalized spacial score (nSPS) is 14.3. The molecule has 0 aliphatic carbocycles. The van der Waals surface area contributed by atoms with E-state index >= 15 is 0 Å². The number of anilines is 1. The number of thioether (sulfide) groups is 1. The maximum atomic E-state index is 11.5. The molecule has 1 heterocycles. The molecule has 0 fully saturated rings. The molecule has 0 unspecified atom stereocenters. The van der Waals surface area contributed by atoms with Crippen LogP contribution in [0.1, 0.15) is 5.56 Å². The van der Waals surface area contributed by atoms with Gasteiger partial charge in [0.2, 0.25) is 0 Å². The number of rotatable bonds is 3. The van der Waals surface area contributed by atoms with Gasteiger partial charge >= 0.3 is 5.97 Å². The first-order chi connectivity index (χ1) is 9.10. The van der Waals surface area contributed by atoms with Gasteiger partial charge in [0.25, 0.3) is 5.24 Å². The molecule has 2 bridgehead atoms. The van der Waals surface area contributed by atoms with Crippen molar-refractivity contribution in [2.75, 3.05) is 18.4 Å². The largest absolute Gasteiger partial charge is 0.493 e. The van der Waals surface area contributed by atoms with E-state index in [-0.39, 0.29) is 11.2 Å². The Labute approximate surface area is 113 Å². The molecule has 0 radical (unpaired) electrons. The number of amides is 1. The topological polar surface area (TPSA) is 84.9 Å². The van der Waals surface area contributed by atoms with Gasteiger partial charge < -0.3 is 19.9 Å². The zero-order chi connectivity index (χ0) is 13.8. The molecule has 1 aliphatic heterocycles. The van der Waals surface area contributed by atoms with Gasteiger partial charge in [-0.2, -0.15) is 0 Å².